The minimum Gasteiger partial charge on any atom is -0.309 e. The summed E-state index contributed by atoms with van der Waals surface area (Å²) in [7, 11) is 0. The molecule has 3 heteroatoms. The van der Waals surface area contributed by atoms with E-state index in [1.807, 2.05) is 35.2 Å². The average Bonchev–Trinajstić information content (AvgIpc) is 2.91. The first-order valence-corrected chi connectivity index (χ1v) is 8.80. The highest BCUT2D eigenvalue weighted by Crippen LogP contribution is 2.47. The van der Waals surface area contributed by atoms with Gasteiger partial charge in [-0.15, -0.1) is 0 Å². The third kappa shape index (κ3) is 2.34. The summed E-state index contributed by atoms with van der Waals surface area (Å²) in [6, 6.07) is 16.6. The van der Waals surface area contributed by atoms with E-state index in [0.717, 1.165) is 28.6 Å². The highest BCUT2D eigenvalue weighted by Gasteiger charge is 2.45. The number of nitrogens with zero attached hydrogens (tertiary/aromatic N) is 1. The van der Waals surface area contributed by atoms with Crippen molar-refractivity contribution in [2.45, 2.75) is 31.2 Å². The molecule has 0 radical (unpaired) electrons. The van der Waals surface area contributed by atoms with E-state index in [4.69, 9.17) is 0 Å². The molecule has 0 bridgehead atoms. The van der Waals surface area contributed by atoms with Gasteiger partial charge in [-0.05, 0) is 35.6 Å². The van der Waals surface area contributed by atoms with Crippen LogP contribution in [-0.4, -0.2) is 16.8 Å². The quantitative estimate of drug-likeness (QED) is 0.749. The Balaban J connectivity index is 1.72. The fraction of sp³-hybridized carbons (Fsp3) is 0.250. The molecule has 1 aliphatic heterocycles. The van der Waals surface area contributed by atoms with Gasteiger partial charge < -0.3 is 4.90 Å². The van der Waals surface area contributed by atoms with Crippen LogP contribution in [0, 0.1) is 0 Å². The fourth-order valence-electron chi connectivity index (χ4n) is 4.05. The number of benzene rings is 2. The summed E-state index contributed by atoms with van der Waals surface area (Å²) in [4.78, 5) is 14.7. The second kappa shape index (κ2) is 5.64. The Labute approximate surface area is 144 Å². The third-order valence-corrected chi connectivity index (χ3v) is 5.77. The lowest BCUT2D eigenvalue weighted by Gasteiger charge is -2.34. The number of carbonyl (C=O) groups excluding carboxylic acids is 1. The SMILES string of the molecule is C=C(c1ccccc1)N1C(=O)C[C@H]2c3c(Br)cccc3CC[C@H]21. The molecule has 2 atom stereocenters. The summed E-state index contributed by atoms with van der Waals surface area (Å²) < 4.78 is 1.13. The van der Waals surface area contributed by atoms with Gasteiger partial charge in [0.25, 0.3) is 0 Å². The molecule has 4 rings (SSSR count). The van der Waals surface area contributed by atoms with Gasteiger partial charge in [0.2, 0.25) is 5.91 Å². The number of hydrogen-bond acceptors (Lipinski definition) is 1. The molecule has 0 spiro atoms. The van der Waals surface area contributed by atoms with Gasteiger partial charge in [-0.1, -0.05) is 65.0 Å². The van der Waals surface area contributed by atoms with E-state index in [-0.39, 0.29) is 17.9 Å². The van der Waals surface area contributed by atoms with E-state index in [1.54, 1.807) is 0 Å². The number of aryl methyl sites for hydroxylation is 1. The van der Waals surface area contributed by atoms with Crippen LogP contribution < -0.4 is 0 Å². The Morgan fingerprint density at radius 3 is 2.70 bits per heavy atom. The van der Waals surface area contributed by atoms with E-state index in [2.05, 4.69) is 40.7 Å². The highest BCUT2D eigenvalue weighted by atomic mass is 79.9. The number of halogens is 1. The zero-order valence-corrected chi connectivity index (χ0v) is 14.4. The van der Waals surface area contributed by atoms with Gasteiger partial charge in [-0.3, -0.25) is 4.79 Å². The lowest BCUT2D eigenvalue weighted by atomic mass is 9.79. The standard InChI is InChI=1S/C20H18BrNO/c1-13(14-6-3-2-4-7-14)22-18-11-10-15-8-5-9-17(21)20(15)16(18)12-19(22)23/h2-9,16,18H,1,10-12H2/t16-,18-/m1/s1. The van der Waals surface area contributed by atoms with Crippen molar-refractivity contribution in [2.24, 2.45) is 0 Å². The minimum absolute atomic E-state index is 0.192. The zero-order valence-electron chi connectivity index (χ0n) is 12.8. The Kier molecular flexibility index (Phi) is 3.61. The van der Waals surface area contributed by atoms with Crippen LogP contribution in [0.1, 0.15) is 35.4 Å². The predicted molar refractivity (Wildman–Crippen MR) is 95.9 cm³/mol. The summed E-state index contributed by atoms with van der Waals surface area (Å²) in [5.74, 6) is 0.458. The first-order valence-electron chi connectivity index (χ1n) is 8.00. The maximum absolute atomic E-state index is 12.7. The molecule has 1 amide bonds. The first kappa shape index (κ1) is 14.7. The van der Waals surface area contributed by atoms with Gasteiger partial charge in [0.15, 0.2) is 0 Å². The second-order valence-corrected chi connectivity index (χ2v) is 7.16. The van der Waals surface area contributed by atoms with E-state index in [1.165, 1.54) is 11.1 Å². The number of carbonyl (C=O) groups is 1. The number of amides is 1. The average molecular weight is 368 g/mol. The van der Waals surface area contributed by atoms with Crippen molar-refractivity contribution in [3.63, 3.8) is 0 Å². The van der Waals surface area contributed by atoms with Crippen molar-refractivity contribution < 1.29 is 4.79 Å². The molecule has 2 nitrogen and oxygen atoms in total. The molecular formula is C20H18BrNO. The maximum Gasteiger partial charge on any atom is 0.227 e. The van der Waals surface area contributed by atoms with Crippen molar-refractivity contribution in [1.29, 1.82) is 0 Å². The lowest BCUT2D eigenvalue weighted by Crippen LogP contribution is -2.35. The van der Waals surface area contributed by atoms with Gasteiger partial charge in [0.05, 0.1) is 0 Å². The molecule has 0 saturated carbocycles. The maximum atomic E-state index is 12.7. The second-order valence-electron chi connectivity index (χ2n) is 6.31. The van der Waals surface area contributed by atoms with Crippen LogP contribution in [0.5, 0.6) is 0 Å². The Morgan fingerprint density at radius 1 is 1.13 bits per heavy atom. The molecule has 23 heavy (non-hydrogen) atoms. The Hall–Kier alpha value is -1.87. The largest absolute Gasteiger partial charge is 0.309 e. The van der Waals surface area contributed by atoms with E-state index in [0.29, 0.717) is 6.42 Å². The summed E-state index contributed by atoms with van der Waals surface area (Å²) >= 11 is 3.69. The van der Waals surface area contributed by atoms with Crippen molar-refractivity contribution >= 4 is 27.5 Å². The molecule has 0 aromatic heterocycles. The van der Waals surface area contributed by atoms with Gasteiger partial charge >= 0.3 is 0 Å². The molecule has 2 aliphatic rings. The molecule has 0 unspecified atom stereocenters. The summed E-state index contributed by atoms with van der Waals surface area (Å²) in [6.07, 6.45) is 2.60. The van der Waals surface area contributed by atoms with Crippen LogP contribution >= 0.6 is 15.9 Å². The van der Waals surface area contributed by atoms with Crippen LogP contribution in [-0.2, 0) is 11.2 Å². The van der Waals surface area contributed by atoms with Crippen molar-refractivity contribution in [3.05, 3.63) is 76.3 Å². The summed E-state index contributed by atoms with van der Waals surface area (Å²) in [6.45, 7) is 4.22. The van der Waals surface area contributed by atoms with Crippen LogP contribution in [0.3, 0.4) is 0 Å². The third-order valence-electron chi connectivity index (χ3n) is 5.08. The van der Waals surface area contributed by atoms with Crippen molar-refractivity contribution in [3.8, 4) is 0 Å². The van der Waals surface area contributed by atoms with Crippen LogP contribution in [0.15, 0.2) is 59.6 Å². The van der Waals surface area contributed by atoms with Gasteiger partial charge in [-0.25, -0.2) is 0 Å². The van der Waals surface area contributed by atoms with Crippen molar-refractivity contribution in [2.75, 3.05) is 0 Å². The highest BCUT2D eigenvalue weighted by molar-refractivity contribution is 9.10. The minimum atomic E-state index is 0.192. The molecule has 1 fully saturated rings. The van der Waals surface area contributed by atoms with Crippen LogP contribution in [0.4, 0.5) is 0 Å². The number of fused-ring (bicyclic) bond motifs is 3. The molecule has 1 saturated heterocycles. The molecular weight excluding hydrogens is 350 g/mol. The molecule has 2 aromatic carbocycles. The molecule has 1 heterocycles. The van der Waals surface area contributed by atoms with Gasteiger partial charge in [-0.2, -0.15) is 0 Å². The molecule has 116 valence electrons. The van der Waals surface area contributed by atoms with Gasteiger partial charge in [0, 0.05) is 28.6 Å². The van der Waals surface area contributed by atoms with E-state index >= 15 is 0 Å². The van der Waals surface area contributed by atoms with E-state index in [9.17, 15) is 4.79 Å². The van der Waals surface area contributed by atoms with E-state index < -0.39 is 0 Å². The first-order chi connectivity index (χ1) is 11.2. The number of hydrogen-bond donors (Lipinski definition) is 0. The predicted octanol–water partition coefficient (Wildman–Crippen LogP) is 4.75. The lowest BCUT2D eigenvalue weighted by molar-refractivity contribution is -0.125. The summed E-state index contributed by atoms with van der Waals surface area (Å²) in [5, 5.41) is 0. The molecule has 1 aliphatic carbocycles. The number of likely N-dealkylation sites (tertiary alicyclic amines) is 1. The smallest absolute Gasteiger partial charge is 0.227 e. The monoisotopic (exact) mass is 367 g/mol. The fourth-order valence-corrected chi connectivity index (χ4v) is 4.75. The van der Waals surface area contributed by atoms with Crippen LogP contribution in [0.25, 0.3) is 5.70 Å². The number of rotatable bonds is 2. The van der Waals surface area contributed by atoms with Crippen molar-refractivity contribution in [1.82, 2.24) is 4.90 Å². The normalized spacial score (nSPS) is 22.7. The van der Waals surface area contributed by atoms with Gasteiger partial charge in [0.1, 0.15) is 0 Å². The summed E-state index contributed by atoms with van der Waals surface area (Å²) in [5.41, 5.74) is 4.55. The molecule has 2 aromatic rings. The zero-order chi connectivity index (χ0) is 16.0. The Bertz CT molecular complexity index is 783. The molecule has 0 N–H and O–H groups in total. The topological polar surface area (TPSA) is 20.3 Å². The Morgan fingerprint density at radius 2 is 1.91 bits per heavy atom. The van der Waals surface area contributed by atoms with Crippen LogP contribution in [0.2, 0.25) is 0 Å².